The first-order chi connectivity index (χ1) is 7.29. The lowest BCUT2D eigenvalue weighted by Crippen LogP contribution is -2.27. The molecule has 0 aliphatic carbocycles. The van der Waals surface area contributed by atoms with Crippen molar-refractivity contribution in [3.8, 4) is 11.5 Å². The summed E-state index contributed by atoms with van der Waals surface area (Å²) >= 11 is 0. The van der Waals surface area contributed by atoms with Crippen molar-refractivity contribution in [2.45, 2.75) is 0 Å². The Hall–Kier alpha value is -2.01. The van der Waals surface area contributed by atoms with Crippen LogP contribution in [0.4, 0.5) is 0 Å². The van der Waals surface area contributed by atoms with E-state index in [4.69, 9.17) is 15.3 Å². The number of hydrazine groups is 1. The molecule has 1 aliphatic rings. The van der Waals surface area contributed by atoms with Crippen molar-refractivity contribution in [2.75, 3.05) is 6.79 Å². The van der Waals surface area contributed by atoms with Crippen molar-refractivity contribution < 1.29 is 14.3 Å². The minimum atomic E-state index is -0.354. The van der Waals surface area contributed by atoms with Gasteiger partial charge in [0.2, 0.25) is 6.79 Å². The maximum absolute atomic E-state index is 10.8. The number of fused-ring (bicyclic) bond motifs is 1. The van der Waals surface area contributed by atoms with E-state index in [9.17, 15) is 4.79 Å². The summed E-state index contributed by atoms with van der Waals surface area (Å²) in [4.78, 5) is 10.8. The lowest BCUT2D eigenvalue weighted by atomic mass is 10.2. The van der Waals surface area contributed by atoms with Gasteiger partial charge >= 0.3 is 0 Å². The lowest BCUT2D eigenvalue weighted by Gasteiger charge is -1.97. The Balaban J connectivity index is 2.16. The van der Waals surface area contributed by atoms with E-state index < -0.39 is 0 Å². The summed E-state index contributed by atoms with van der Waals surface area (Å²) in [6, 6.07) is 5.42. The predicted molar refractivity (Wildman–Crippen MR) is 53.9 cm³/mol. The highest BCUT2D eigenvalue weighted by Gasteiger charge is 2.12. The maximum atomic E-state index is 10.8. The molecule has 0 saturated heterocycles. The molecule has 0 aromatic heterocycles. The number of amides is 1. The van der Waals surface area contributed by atoms with Crippen LogP contribution >= 0.6 is 0 Å². The number of hydrogen-bond donors (Lipinski definition) is 2. The average molecular weight is 206 g/mol. The van der Waals surface area contributed by atoms with Crippen molar-refractivity contribution in [1.82, 2.24) is 5.43 Å². The summed E-state index contributed by atoms with van der Waals surface area (Å²) < 4.78 is 10.3. The van der Waals surface area contributed by atoms with E-state index in [-0.39, 0.29) is 12.7 Å². The fraction of sp³-hybridized carbons (Fsp3) is 0.100. The predicted octanol–water partition coefficient (Wildman–Crippen LogP) is 0.418. The van der Waals surface area contributed by atoms with Gasteiger partial charge in [-0.3, -0.25) is 10.2 Å². The monoisotopic (exact) mass is 206 g/mol. The summed E-state index contributed by atoms with van der Waals surface area (Å²) in [7, 11) is 0. The van der Waals surface area contributed by atoms with Crippen LogP contribution < -0.4 is 20.7 Å². The Morgan fingerprint density at radius 1 is 1.40 bits per heavy atom. The standard InChI is InChI=1S/C10H10N2O3/c11-12-10(13)4-2-7-1-3-8-9(5-7)15-6-14-8/h1-5H,6,11H2,(H,12,13). The van der Waals surface area contributed by atoms with Crippen molar-refractivity contribution in [1.29, 1.82) is 0 Å². The van der Waals surface area contributed by atoms with E-state index in [2.05, 4.69) is 0 Å². The van der Waals surface area contributed by atoms with Crippen LogP contribution in [0.15, 0.2) is 24.3 Å². The second kappa shape index (κ2) is 4.02. The molecule has 0 radical (unpaired) electrons. The third-order valence-corrected chi connectivity index (χ3v) is 1.97. The van der Waals surface area contributed by atoms with Crippen LogP contribution in [0.1, 0.15) is 5.56 Å². The van der Waals surface area contributed by atoms with Crippen LogP contribution in [0.5, 0.6) is 11.5 Å². The number of nitrogens with one attached hydrogen (secondary N) is 1. The molecule has 1 aromatic carbocycles. The van der Waals surface area contributed by atoms with Gasteiger partial charge in [-0.25, -0.2) is 5.84 Å². The van der Waals surface area contributed by atoms with Gasteiger partial charge in [0.05, 0.1) is 0 Å². The maximum Gasteiger partial charge on any atom is 0.257 e. The molecule has 0 spiro atoms. The van der Waals surface area contributed by atoms with Gasteiger partial charge in [0.25, 0.3) is 5.91 Å². The van der Waals surface area contributed by atoms with Gasteiger partial charge in [-0.15, -0.1) is 0 Å². The Bertz CT molecular complexity index is 415. The number of benzene rings is 1. The molecule has 5 heteroatoms. The van der Waals surface area contributed by atoms with E-state index >= 15 is 0 Å². The molecule has 2 rings (SSSR count). The van der Waals surface area contributed by atoms with Gasteiger partial charge in [0.15, 0.2) is 11.5 Å². The van der Waals surface area contributed by atoms with Crippen LogP contribution in [0, 0.1) is 0 Å². The van der Waals surface area contributed by atoms with Gasteiger partial charge in [0, 0.05) is 6.08 Å². The molecule has 15 heavy (non-hydrogen) atoms. The molecule has 1 aliphatic heterocycles. The molecular weight excluding hydrogens is 196 g/mol. The largest absolute Gasteiger partial charge is 0.454 e. The van der Waals surface area contributed by atoms with Crippen LogP contribution in [0.25, 0.3) is 6.08 Å². The summed E-state index contributed by atoms with van der Waals surface area (Å²) in [5, 5.41) is 0. The first-order valence-electron chi connectivity index (χ1n) is 4.38. The number of carbonyl (C=O) groups is 1. The number of nitrogens with two attached hydrogens (primary N) is 1. The molecule has 1 heterocycles. The van der Waals surface area contributed by atoms with Crippen molar-refractivity contribution in [2.24, 2.45) is 5.84 Å². The van der Waals surface area contributed by atoms with E-state index in [1.165, 1.54) is 6.08 Å². The minimum absolute atomic E-state index is 0.242. The van der Waals surface area contributed by atoms with Gasteiger partial charge < -0.3 is 9.47 Å². The van der Waals surface area contributed by atoms with E-state index in [1.54, 1.807) is 18.2 Å². The fourth-order valence-electron chi connectivity index (χ4n) is 1.24. The highest BCUT2D eigenvalue weighted by Crippen LogP contribution is 2.32. The highest BCUT2D eigenvalue weighted by atomic mass is 16.7. The van der Waals surface area contributed by atoms with Gasteiger partial charge in [-0.1, -0.05) is 6.07 Å². The highest BCUT2D eigenvalue weighted by molar-refractivity contribution is 5.91. The Kier molecular flexibility index (Phi) is 2.55. The van der Waals surface area contributed by atoms with Crippen LogP contribution in [-0.4, -0.2) is 12.7 Å². The Morgan fingerprint density at radius 2 is 2.20 bits per heavy atom. The molecule has 1 aromatic rings. The zero-order valence-electron chi connectivity index (χ0n) is 7.90. The lowest BCUT2D eigenvalue weighted by molar-refractivity contribution is -0.116. The summed E-state index contributed by atoms with van der Waals surface area (Å²) in [5.74, 6) is 5.98. The fourth-order valence-corrected chi connectivity index (χ4v) is 1.24. The van der Waals surface area contributed by atoms with Gasteiger partial charge in [-0.2, -0.15) is 0 Å². The summed E-state index contributed by atoms with van der Waals surface area (Å²) in [6.45, 7) is 0.242. The zero-order chi connectivity index (χ0) is 10.7. The van der Waals surface area contributed by atoms with Crippen LogP contribution in [0.3, 0.4) is 0 Å². The molecule has 5 nitrogen and oxygen atoms in total. The molecule has 78 valence electrons. The molecule has 0 saturated carbocycles. The molecule has 0 unspecified atom stereocenters. The molecule has 0 bridgehead atoms. The van der Waals surface area contributed by atoms with Crippen molar-refractivity contribution in [3.05, 3.63) is 29.8 Å². The topological polar surface area (TPSA) is 73.6 Å². The third kappa shape index (κ3) is 2.08. The number of hydrogen-bond acceptors (Lipinski definition) is 4. The molecule has 3 N–H and O–H groups in total. The molecule has 0 fully saturated rings. The number of rotatable bonds is 2. The van der Waals surface area contributed by atoms with Crippen molar-refractivity contribution in [3.63, 3.8) is 0 Å². The van der Waals surface area contributed by atoms with Gasteiger partial charge in [0.1, 0.15) is 0 Å². The summed E-state index contributed by atoms with van der Waals surface area (Å²) in [5.41, 5.74) is 2.86. The third-order valence-electron chi connectivity index (χ3n) is 1.97. The smallest absolute Gasteiger partial charge is 0.257 e. The van der Waals surface area contributed by atoms with Crippen LogP contribution in [-0.2, 0) is 4.79 Å². The first-order valence-corrected chi connectivity index (χ1v) is 4.38. The second-order valence-corrected chi connectivity index (χ2v) is 2.95. The van der Waals surface area contributed by atoms with E-state index in [0.717, 1.165) is 11.3 Å². The normalized spacial score (nSPS) is 13.1. The number of carbonyl (C=O) groups excluding carboxylic acids is 1. The van der Waals surface area contributed by atoms with Crippen LogP contribution in [0.2, 0.25) is 0 Å². The van der Waals surface area contributed by atoms with E-state index in [0.29, 0.717) is 5.75 Å². The quantitative estimate of drug-likeness (QED) is 0.318. The molecule has 1 amide bonds. The number of ether oxygens (including phenoxy) is 2. The van der Waals surface area contributed by atoms with E-state index in [1.807, 2.05) is 11.5 Å². The molecule has 0 atom stereocenters. The Morgan fingerprint density at radius 3 is 3.00 bits per heavy atom. The first kappa shape index (κ1) is 9.54. The Labute approximate surface area is 86.4 Å². The minimum Gasteiger partial charge on any atom is -0.454 e. The SMILES string of the molecule is NNC(=O)C=Cc1ccc2c(c1)OCO2. The van der Waals surface area contributed by atoms with Gasteiger partial charge in [-0.05, 0) is 23.8 Å². The second-order valence-electron chi connectivity index (χ2n) is 2.95. The van der Waals surface area contributed by atoms with Crippen molar-refractivity contribution >= 4 is 12.0 Å². The average Bonchev–Trinajstić information content (AvgIpc) is 2.72. The zero-order valence-corrected chi connectivity index (χ0v) is 7.90. The summed E-state index contributed by atoms with van der Waals surface area (Å²) in [6.07, 6.45) is 2.99. The molecular formula is C10H10N2O3.